The molecule has 3 aliphatic rings. The summed E-state index contributed by atoms with van der Waals surface area (Å²) in [5.41, 5.74) is 5.16. The van der Waals surface area contributed by atoms with Crippen molar-refractivity contribution < 1.29 is 4.39 Å². The van der Waals surface area contributed by atoms with Crippen molar-refractivity contribution in [3.63, 3.8) is 0 Å². The Balaban J connectivity index is 1.48. The minimum Gasteiger partial charge on any atom is -0.301 e. The van der Waals surface area contributed by atoms with Gasteiger partial charge >= 0.3 is 0 Å². The van der Waals surface area contributed by atoms with Crippen LogP contribution in [-0.4, -0.2) is 42.0 Å². The molecule has 2 aromatic rings. The normalized spacial score (nSPS) is 25.0. The van der Waals surface area contributed by atoms with Gasteiger partial charge in [0.05, 0.1) is 5.56 Å². The summed E-state index contributed by atoms with van der Waals surface area (Å²) in [6.07, 6.45) is 11.9. The summed E-state index contributed by atoms with van der Waals surface area (Å²) >= 11 is 0. The first kappa shape index (κ1) is 18.9. The topological polar surface area (TPSA) is 6.48 Å². The fraction of sp³-hybridized carbons (Fsp3) is 0.462. The molecule has 2 atom stereocenters. The molecule has 150 valence electrons. The second-order valence-corrected chi connectivity index (χ2v) is 9.20. The van der Waals surface area contributed by atoms with Crippen LogP contribution in [0.5, 0.6) is 0 Å². The Morgan fingerprint density at radius 2 is 1.86 bits per heavy atom. The average Bonchev–Trinajstić information content (AvgIpc) is 3.45. The molecule has 2 aliphatic heterocycles. The number of hydrogen-bond acceptors (Lipinski definition) is 2. The fourth-order valence-corrected chi connectivity index (χ4v) is 5.66. The van der Waals surface area contributed by atoms with Crippen LogP contribution < -0.4 is 0 Å². The van der Waals surface area contributed by atoms with E-state index in [0.29, 0.717) is 23.6 Å². The molecule has 2 heterocycles. The molecule has 0 radical (unpaired) electrons. The van der Waals surface area contributed by atoms with Gasteiger partial charge in [-0.25, -0.2) is 4.39 Å². The van der Waals surface area contributed by atoms with Crippen molar-refractivity contribution in [2.24, 2.45) is 0 Å². The van der Waals surface area contributed by atoms with Gasteiger partial charge in [0.2, 0.25) is 0 Å². The second kappa shape index (κ2) is 7.59. The molecule has 0 unspecified atom stereocenters. The number of fused-ring (bicyclic) bond motifs is 2. The third-order valence-corrected chi connectivity index (χ3v) is 7.31. The monoisotopic (exact) mass is 388 g/mol. The molecule has 3 fully saturated rings. The SMILES string of the molecule is C#Cc1ccc(-c2cc(CN3C[C@H]4C[C@@H]3CN4C)cc(C3CCCC3)c2)cc1F. The maximum absolute atomic E-state index is 14.3. The molecule has 2 aromatic carbocycles. The predicted octanol–water partition coefficient (Wildman–Crippen LogP) is 5.02. The second-order valence-electron chi connectivity index (χ2n) is 9.20. The molecular weight excluding hydrogens is 359 g/mol. The number of hydrogen-bond donors (Lipinski definition) is 0. The summed E-state index contributed by atoms with van der Waals surface area (Å²) in [6, 6.07) is 13.6. The van der Waals surface area contributed by atoms with Crippen LogP contribution in [0.3, 0.4) is 0 Å². The van der Waals surface area contributed by atoms with Crippen LogP contribution in [0.4, 0.5) is 4.39 Å². The maximum Gasteiger partial charge on any atom is 0.139 e. The van der Waals surface area contributed by atoms with Gasteiger partial charge in [-0.3, -0.25) is 4.90 Å². The van der Waals surface area contributed by atoms with Crippen LogP contribution in [0.15, 0.2) is 36.4 Å². The minimum atomic E-state index is -0.308. The Labute approximate surface area is 173 Å². The number of nitrogens with zero attached hydrogens (tertiary/aromatic N) is 2. The van der Waals surface area contributed by atoms with Crippen molar-refractivity contribution in [2.75, 3.05) is 20.1 Å². The van der Waals surface area contributed by atoms with E-state index >= 15 is 0 Å². The van der Waals surface area contributed by atoms with Crippen LogP contribution in [0.2, 0.25) is 0 Å². The third kappa shape index (κ3) is 3.61. The molecule has 0 N–H and O–H groups in total. The fourth-order valence-electron chi connectivity index (χ4n) is 5.66. The Hall–Kier alpha value is -2.15. The molecule has 3 heteroatoms. The number of rotatable bonds is 4. The molecule has 0 spiro atoms. The van der Waals surface area contributed by atoms with Crippen LogP contribution in [0.25, 0.3) is 11.1 Å². The highest BCUT2D eigenvalue weighted by atomic mass is 19.1. The van der Waals surface area contributed by atoms with Gasteiger partial charge in [0.1, 0.15) is 5.82 Å². The molecule has 1 saturated carbocycles. The summed E-state index contributed by atoms with van der Waals surface area (Å²) in [7, 11) is 2.25. The number of terminal acetylenes is 1. The largest absolute Gasteiger partial charge is 0.301 e. The molecule has 2 bridgehead atoms. The Kier molecular flexibility index (Phi) is 4.94. The van der Waals surface area contributed by atoms with Crippen molar-refractivity contribution in [3.05, 3.63) is 58.9 Å². The lowest BCUT2D eigenvalue weighted by Gasteiger charge is -2.32. The van der Waals surface area contributed by atoms with Crippen molar-refractivity contribution in [3.8, 4) is 23.5 Å². The number of likely N-dealkylation sites (N-methyl/N-ethyl adjacent to an activating group) is 1. The van der Waals surface area contributed by atoms with Gasteiger partial charge < -0.3 is 4.90 Å². The molecule has 1 aliphatic carbocycles. The molecule has 29 heavy (non-hydrogen) atoms. The van der Waals surface area contributed by atoms with Crippen molar-refractivity contribution in [1.82, 2.24) is 9.80 Å². The van der Waals surface area contributed by atoms with Crippen LogP contribution in [-0.2, 0) is 6.54 Å². The first-order valence-corrected chi connectivity index (χ1v) is 11.0. The molecular formula is C26H29FN2. The van der Waals surface area contributed by atoms with Gasteiger partial charge in [-0.1, -0.05) is 37.0 Å². The Morgan fingerprint density at radius 3 is 2.52 bits per heavy atom. The summed E-state index contributed by atoms with van der Waals surface area (Å²) in [5, 5.41) is 0. The number of benzene rings is 2. The smallest absolute Gasteiger partial charge is 0.139 e. The number of likely N-dealkylation sites (tertiary alicyclic amines) is 2. The van der Waals surface area contributed by atoms with E-state index in [1.807, 2.05) is 6.07 Å². The van der Waals surface area contributed by atoms with Gasteiger partial charge in [-0.15, -0.1) is 6.42 Å². The van der Waals surface area contributed by atoms with Gasteiger partial charge in [-0.05, 0) is 72.7 Å². The molecule has 2 nitrogen and oxygen atoms in total. The average molecular weight is 389 g/mol. The quantitative estimate of drug-likeness (QED) is 0.679. The van der Waals surface area contributed by atoms with Crippen LogP contribution in [0.1, 0.15) is 54.7 Å². The lowest BCUT2D eigenvalue weighted by molar-refractivity contribution is 0.143. The van der Waals surface area contributed by atoms with Crippen molar-refractivity contribution >= 4 is 0 Å². The summed E-state index contributed by atoms with van der Waals surface area (Å²) in [5.74, 6) is 2.76. The third-order valence-electron chi connectivity index (χ3n) is 7.31. The van der Waals surface area contributed by atoms with E-state index in [9.17, 15) is 4.39 Å². The highest BCUT2D eigenvalue weighted by Crippen LogP contribution is 2.38. The van der Waals surface area contributed by atoms with E-state index in [1.54, 1.807) is 12.1 Å². The van der Waals surface area contributed by atoms with Crippen molar-refractivity contribution in [1.29, 1.82) is 0 Å². The number of halogens is 1. The zero-order chi connectivity index (χ0) is 20.0. The van der Waals surface area contributed by atoms with Gasteiger partial charge in [0.25, 0.3) is 0 Å². The van der Waals surface area contributed by atoms with E-state index in [2.05, 4.69) is 41.0 Å². The molecule has 0 aromatic heterocycles. The van der Waals surface area contributed by atoms with E-state index in [-0.39, 0.29) is 5.82 Å². The van der Waals surface area contributed by atoms with E-state index < -0.39 is 0 Å². The highest BCUT2D eigenvalue weighted by Gasteiger charge is 2.41. The Bertz CT molecular complexity index is 952. The standard InChI is InChI=1S/C26H29FN2/c1-3-19-8-9-21(13-26(19)27)23-11-18(10-22(12-23)20-6-4-5-7-20)15-29-17-24-14-25(29)16-28(24)2/h1,8-13,20,24-25H,4-7,14-17H2,2H3/t24-,25-/m1/s1. The van der Waals surface area contributed by atoms with Crippen LogP contribution in [0, 0.1) is 18.2 Å². The minimum absolute atomic E-state index is 0.308. The van der Waals surface area contributed by atoms with E-state index in [1.165, 1.54) is 49.8 Å². The van der Waals surface area contributed by atoms with Gasteiger partial charge in [0, 0.05) is 31.7 Å². The first-order chi connectivity index (χ1) is 14.1. The Morgan fingerprint density at radius 1 is 1.03 bits per heavy atom. The molecule has 5 rings (SSSR count). The highest BCUT2D eigenvalue weighted by molar-refractivity contribution is 5.66. The summed E-state index contributed by atoms with van der Waals surface area (Å²) in [6.45, 7) is 3.34. The zero-order valence-electron chi connectivity index (χ0n) is 17.2. The van der Waals surface area contributed by atoms with Gasteiger partial charge in [-0.2, -0.15) is 0 Å². The lowest BCUT2D eigenvalue weighted by Crippen LogP contribution is -2.43. The molecule has 0 amide bonds. The predicted molar refractivity (Wildman–Crippen MR) is 116 cm³/mol. The van der Waals surface area contributed by atoms with Crippen molar-refractivity contribution in [2.45, 2.75) is 56.7 Å². The van der Waals surface area contributed by atoms with E-state index in [4.69, 9.17) is 6.42 Å². The first-order valence-electron chi connectivity index (χ1n) is 11.0. The maximum atomic E-state index is 14.3. The zero-order valence-corrected chi connectivity index (χ0v) is 17.2. The van der Waals surface area contributed by atoms with E-state index in [0.717, 1.165) is 24.2 Å². The number of piperazine rings is 1. The summed E-state index contributed by atoms with van der Waals surface area (Å²) < 4.78 is 14.3. The van der Waals surface area contributed by atoms with Crippen LogP contribution >= 0.6 is 0 Å². The lowest BCUT2D eigenvalue weighted by atomic mass is 9.91. The molecule has 2 saturated heterocycles. The van der Waals surface area contributed by atoms with Gasteiger partial charge in [0.15, 0.2) is 0 Å². The summed E-state index contributed by atoms with van der Waals surface area (Å²) in [4.78, 5) is 5.14.